The average molecular weight is 292 g/mol. The minimum atomic E-state index is -1.09. The van der Waals surface area contributed by atoms with Gasteiger partial charge in [-0.05, 0) is 43.9 Å². The van der Waals surface area contributed by atoms with Crippen LogP contribution in [0.25, 0.3) is 0 Å². The van der Waals surface area contributed by atoms with Crippen molar-refractivity contribution >= 4 is 12.0 Å². The standard InChI is InChI=1S/C15H20N2O4/c1-15(7-2-8-15)17-14(21)16-12(13(19)20)9-10-3-5-11(18)6-4-10/h3-6,12,18H,2,7-9H2,1H3,(H,19,20)(H2,16,17,21)/t12-/m0/s1. The van der Waals surface area contributed by atoms with Gasteiger partial charge in [0.2, 0.25) is 0 Å². The molecule has 0 unspecified atom stereocenters. The molecule has 0 aliphatic heterocycles. The number of phenolic OH excluding ortho intramolecular Hbond substituents is 1. The summed E-state index contributed by atoms with van der Waals surface area (Å²) in [7, 11) is 0. The van der Waals surface area contributed by atoms with Crippen LogP contribution >= 0.6 is 0 Å². The summed E-state index contributed by atoms with van der Waals surface area (Å²) in [5.74, 6) is -0.966. The van der Waals surface area contributed by atoms with Crippen LogP contribution < -0.4 is 10.6 Å². The van der Waals surface area contributed by atoms with Crippen molar-refractivity contribution in [2.24, 2.45) is 0 Å². The summed E-state index contributed by atoms with van der Waals surface area (Å²) >= 11 is 0. The van der Waals surface area contributed by atoms with Crippen LogP contribution in [0, 0.1) is 0 Å². The van der Waals surface area contributed by atoms with Crippen LogP contribution in [0.3, 0.4) is 0 Å². The molecule has 0 spiro atoms. The molecule has 2 amide bonds. The third-order valence-electron chi connectivity index (χ3n) is 3.85. The van der Waals surface area contributed by atoms with Crippen LogP contribution in [0.1, 0.15) is 31.7 Å². The summed E-state index contributed by atoms with van der Waals surface area (Å²) in [5, 5.41) is 23.7. The Morgan fingerprint density at radius 3 is 2.38 bits per heavy atom. The number of nitrogens with one attached hydrogen (secondary N) is 2. The third kappa shape index (κ3) is 4.11. The number of carboxylic acids is 1. The average Bonchev–Trinajstić information content (AvgIpc) is 2.38. The number of hydrogen-bond acceptors (Lipinski definition) is 3. The van der Waals surface area contributed by atoms with E-state index in [0.29, 0.717) is 0 Å². The fourth-order valence-electron chi connectivity index (χ4n) is 2.37. The van der Waals surface area contributed by atoms with Gasteiger partial charge < -0.3 is 20.8 Å². The van der Waals surface area contributed by atoms with Crippen molar-refractivity contribution < 1.29 is 19.8 Å². The summed E-state index contributed by atoms with van der Waals surface area (Å²) in [6, 6.07) is 4.80. The number of phenols is 1. The molecule has 6 nitrogen and oxygen atoms in total. The molecule has 21 heavy (non-hydrogen) atoms. The summed E-state index contributed by atoms with van der Waals surface area (Å²) in [6.07, 6.45) is 3.07. The van der Waals surface area contributed by atoms with Crippen molar-refractivity contribution in [3.63, 3.8) is 0 Å². The van der Waals surface area contributed by atoms with Crippen LogP contribution in [0.15, 0.2) is 24.3 Å². The molecule has 0 heterocycles. The normalized spacial score (nSPS) is 17.4. The zero-order chi connectivity index (χ0) is 15.5. The van der Waals surface area contributed by atoms with Gasteiger partial charge >= 0.3 is 12.0 Å². The monoisotopic (exact) mass is 292 g/mol. The number of aromatic hydroxyl groups is 1. The third-order valence-corrected chi connectivity index (χ3v) is 3.85. The van der Waals surface area contributed by atoms with Gasteiger partial charge in [0.15, 0.2) is 0 Å². The van der Waals surface area contributed by atoms with Crippen molar-refractivity contribution in [1.82, 2.24) is 10.6 Å². The Kier molecular flexibility index (Phi) is 4.35. The Labute approximate surface area is 123 Å². The Morgan fingerprint density at radius 2 is 1.90 bits per heavy atom. The van der Waals surface area contributed by atoms with Crippen molar-refractivity contribution in [3.05, 3.63) is 29.8 Å². The number of aliphatic carboxylic acids is 1. The molecule has 1 aromatic rings. The maximum absolute atomic E-state index is 11.9. The Bertz CT molecular complexity index is 523. The van der Waals surface area contributed by atoms with E-state index in [1.807, 2.05) is 6.92 Å². The molecule has 6 heteroatoms. The highest BCUT2D eigenvalue weighted by Gasteiger charge is 2.34. The molecule has 4 N–H and O–H groups in total. The first-order chi connectivity index (χ1) is 9.88. The molecule has 2 rings (SSSR count). The van der Waals surface area contributed by atoms with E-state index in [9.17, 15) is 19.8 Å². The van der Waals surface area contributed by atoms with Crippen molar-refractivity contribution in [3.8, 4) is 5.75 Å². The second-order valence-corrected chi connectivity index (χ2v) is 5.77. The number of amides is 2. The van der Waals surface area contributed by atoms with E-state index in [0.717, 1.165) is 24.8 Å². The van der Waals surface area contributed by atoms with Gasteiger partial charge in [0.1, 0.15) is 11.8 Å². The maximum atomic E-state index is 11.9. The van der Waals surface area contributed by atoms with Crippen LogP contribution in [0.4, 0.5) is 4.79 Å². The van der Waals surface area contributed by atoms with Gasteiger partial charge in [-0.25, -0.2) is 9.59 Å². The number of carbonyl (C=O) groups is 2. The molecule has 1 atom stereocenters. The first kappa shape index (κ1) is 15.2. The molecular weight excluding hydrogens is 272 g/mol. The van der Waals surface area contributed by atoms with Crippen LogP contribution in [0.5, 0.6) is 5.75 Å². The van der Waals surface area contributed by atoms with Crippen molar-refractivity contribution in [1.29, 1.82) is 0 Å². The lowest BCUT2D eigenvalue weighted by Gasteiger charge is -2.39. The number of rotatable bonds is 5. The first-order valence-electron chi connectivity index (χ1n) is 6.97. The molecule has 1 fully saturated rings. The first-order valence-corrected chi connectivity index (χ1v) is 6.97. The van der Waals surface area contributed by atoms with E-state index in [-0.39, 0.29) is 17.7 Å². The zero-order valence-electron chi connectivity index (χ0n) is 11.9. The lowest BCUT2D eigenvalue weighted by Crippen LogP contribution is -2.57. The summed E-state index contributed by atoms with van der Waals surface area (Å²) in [4.78, 5) is 23.1. The SMILES string of the molecule is CC1(NC(=O)N[C@@H](Cc2ccc(O)cc2)C(=O)O)CCC1. The molecular formula is C15H20N2O4. The second-order valence-electron chi connectivity index (χ2n) is 5.77. The summed E-state index contributed by atoms with van der Waals surface area (Å²) in [5.41, 5.74) is 0.515. The van der Waals surface area contributed by atoms with Gasteiger partial charge in [-0.2, -0.15) is 0 Å². The van der Waals surface area contributed by atoms with Gasteiger partial charge in [-0.1, -0.05) is 12.1 Å². The van der Waals surface area contributed by atoms with Crippen molar-refractivity contribution in [2.75, 3.05) is 0 Å². The van der Waals surface area contributed by atoms with Gasteiger partial charge in [-0.15, -0.1) is 0 Å². The highest BCUT2D eigenvalue weighted by molar-refractivity contribution is 5.83. The lowest BCUT2D eigenvalue weighted by atomic mass is 9.79. The van der Waals surface area contributed by atoms with Crippen LogP contribution in [-0.4, -0.2) is 33.8 Å². The fourth-order valence-corrected chi connectivity index (χ4v) is 2.37. The molecule has 1 aromatic carbocycles. The highest BCUT2D eigenvalue weighted by Crippen LogP contribution is 2.30. The molecule has 114 valence electrons. The van der Waals surface area contributed by atoms with E-state index in [1.165, 1.54) is 12.1 Å². The topological polar surface area (TPSA) is 98.7 Å². The Morgan fingerprint density at radius 1 is 1.29 bits per heavy atom. The van der Waals surface area contributed by atoms with E-state index in [2.05, 4.69) is 10.6 Å². The Hall–Kier alpha value is -2.24. The van der Waals surface area contributed by atoms with Crippen LogP contribution in [-0.2, 0) is 11.2 Å². The predicted molar refractivity (Wildman–Crippen MR) is 77.2 cm³/mol. The number of benzene rings is 1. The number of carboxylic acid groups (broad SMARTS) is 1. The minimum absolute atomic E-state index is 0.120. The summed E-state index contributed by atoms with van der Waals surface area (Å²) in [6.45, 7) is 1.95. The van der Waals surface area contributed by atoms with Crippen molar-refractivity contribution in [2.45, 2.75) is 44.2 Å². The smallest absolute Gasteiger partial charge is 0.326 e. The van der Waals surface area contributed by atoms with Gasteiger partial charge in [0, 0.05) is 12.0 Å². The number of urea groups is 1. The fraction of sp³-hybridized carbons (Fsp3) is 0.467. The van der Waals surface area contributed by atoms with E-state index >= 15 is 0 Å². The highest BCUT2D eigenvalue weighted by atomic mass is 16.4. The molecule has 0 bridgehead atoms. The molecule has 0 aromatic heterocycles. The molecule has 1 saturated carbocycles. The quantitative estimate of drug-likeness (QED) is 0.663. The predicted octanol–water partition coefficient (Wildman–Crippen LogP) is 1.63. The largest absolute Gasteiger partial charge is 0.508 e. The van der Waals surface area contributed by atoms with Gasteiger partial charge in [0.05, 0.1) is 0 Å². The second kappa shape index (κ2) is 6.03. The van der Waals surface area contributed by atoms with E-state index in [1.54, 1.807) is 12.1 Å². The number of carbonyl (C=O) groups excluding carboxylic acids is 1. The molecule has 1 aliphatic carbocycles. The lowest BCUT2D eigenvalue weighted by molar-refractivity contribution is -0.139. The molecule has 0 radical (unpaired) electrons. The van der Waals surface area contributed by atoms with Gasteiger partial charge in [0.25, 0.3) is 0 Å². The van der Waals surface area contributed by atoms with E-state index in [4.69, 9.17) is 0 Å². The van der Waals surface area contributed by atoms with Crippen LogP contribution in [0.2, 0.25) is 0 Å². The number of hydrogen-bond donors (Lipinski definition) is 4. The van der Waals surface area contributed by atoms with E-state index < -0.39 is 18.0 Å². The minimum Gasteiger partial charge on any atom is -0.508 e. The van der Waals surface area contributed by atoms with Gasteiger partial charge in [-0.3, -0.25) is 0 Å². The summed E-state index contributed by atoms with van der Waals surface area (Å²) < 4.78 is 0. The molecule has 1 aliphatic rings. The molecule has 0 saturated heterocycles. The maximum Gasteiger partial charge on any atom is 0.326 e. The Balaban J connectivity index is 1.94. The zero-order valence-corrected chi connectivity index (χ0v) is 11.9.